The Morgan fingerprint density at radius 2 is 2.00 bits per heavy atom. The molecule has 0 aromatic heterocycles. The Hall–Kier alpha value is -0.810. The number of aliphatic hydroxyl groups is 1. The van der Waals surface area contributed by atoms with Crippen LogP contribution in [0.25, 0.3) is 0 Å². The van der Waals surface area contributed by atoms with Gasteiger partial charge in [-0.2, -0.15) is 0 Å². The van der Waals surface area contributed by atoms with Gasteiger partial charge in [-0.15, -0.1) is 0 Å². The van der Waals surface area contributed by atoms with Gasteiger partial charge in [0.25, 0.3) is 0 Å². The third kappa shape index (κ3) is 4.42. The molecular weight excluding hydrogens is 302 g/mol. The van der Waals surface area contributed by atoms with E-state index < -0.39 is 0 Å². The minimum atomic E-state index is -0.279. The van der Waals surface area contributed by atoms with Gasteiger partial charge in [0.05, 0.1) is 12.6 Å². The first-order valence-electron chi connectivity index (χ1n) is 10.0. The second-order valence-electron chi connectivity index (χ2n) is 7.94. The molecule has 2 heterocycles. The molecule has 3 aliphatic rings. The number of hydrogen-bond acceptors (Lipinski definition) is 3. The first kappa shape index (κ1) is 18.0. The molecule has 0 amide bonds. The predicted octanol–water partition coefficient (Wildman–Crippen LogP) is 2.40. The molecule has 24 heavy (non-hydrogen) atoms. The van der Waals surface area contributed by atoms with Crippen LogP contribution in [0.5, 0.6) is 0 Å². The monoisotopic (exact) mass is 337 g/mol. The van der Waals surface area contributed by atoms with Gasteiger partial charge in [-0.1, -0.05) is 19.3 Å². The van der Waals surface area contributed by atoms with E-state index in [2.05, 4.69) is 17.1 Å². The first-order valence-corrected chi connectivity index (χ1v) is 10.0. The normalized spacial score (nSPS) is 26.8. The lowest BCUT2D eigenvalue weighted by Gasteiger charge is -2.33. The number of nitrogens with one attached hydrogen (secondary N) is 1. The van der Waals surface area contributed by atoms with Crippen LogP contribution in [0.2, 0.25) is 0 Å². The van der Waals surface area contributed by atoms with Gasteiger partial charge in [0.1, 0.15) is 0 Å². The van der Waals surface area contributed by atoms with Crippen LogP contribution in [-0.4, -0.2) is 61.5 Å². The highest BCUT2D eigenvalue weighted by Crippen LogP contribution is 2.39. The van der Waals surface area contributed by atoms with Gasteiger partial charge >= 0.3 is 0 Å². The maximum Gasteiger partial charge on any atom is 0.194 e. The molecule has 1 saturated carbocycles. The van der Waals surface area contributed by atoms with Crippen molar-refractivity contribution < 1.29 is 9.84 Å². The molecule has 5 nitrogen and oxygen atoms in total. The fraction of sp³-hybridized carbons (Fsp3) is 0.947. The van der Waals surface area contributed by atoms with Gasteiger partial charge in [0, 0.05) is 32.8 Å². The zero-order valence-electron chi connectivity index (χ0n) is 15.3. The van der Waals surface area contributed by atoms with Crippen molar-refractivity contribution in [2.75, 3.05) is 39.4 Å². The summed E-state index contributed by atoms with van der Waals surface area (Å²) in [5.74, 6) is 1.45. The van der Waals surface area contributed by atoms with Gasteiger partial charge in [-0.3, -0.25) is 4.99 Å². The fourth-order valence-electron chi connectivity index (χ4n) is 4.60. The van der Waals surface area contributed by atoms with E-state index in [4.69, 9.17) is 9.73 Å². The second-order valence-corrected chi connectivity index (χ2v) is 7.94. The van der Waals surface area contributed by atoms with Gasteiger partial charge in [0.2, 0.25) is 0 Å². The van der Waals surface area contributed by atoms with E-state index in [-0.39, 0.29) is 6.10 Å². The summed E-state index contributed by atoms with van der Waals surface area (Å²) >= 11 is 0. The highest BCUT2D eigenvalue weighted by molar-refractivity contribution is 5.80. The molecule has 1 atom stereocenters. The first-order chi connectivity index (χ1) is 11.7. The van der Waals surface area contributed by atoms with E-state index in [9.17, 15) is 5.11 Å². The van der Waals surface area contributed by atoms with Gasteiger partial charge in [-0.25, -0.2) is 0 Å². The lowest BCUT2D eigenvalue weighted by atomic mass is 9.80. The maximum absolute atomic E-state index is 10.5. The summed E-state index contributed by atoms with van der Waals surface area (Å²) in [6, 6.07) is 0. The van der Waals surface area contributed by atoms with Gasteiger partial charge < -0.3 is 20.1 Å². The zero-order valence-corrected chi connectivity index (χ0v) is 15.3. The van der Waals surface area contributed by atoms with Crippen molar-refractivity contribution in [2.45, 2.75) is 64.4 Å². The fourth-order valence-corrected chi connectivity index (χ4v) is 4.60. The molecule has 3 rings (SSSR count). The molecule has 1 spiro atoms. The van der Waals surface area contributed by atoms with E-state index in [0.29, 0.717) is 17.9 Å². The summed E-state index contributed by atoms with van der Waals surface area (Å²) < 4.78 is 5.55. The van der Waals surface area contributed by atoms with Crippen LogP contribution < -0.4 is 5.32 Å². The predicted molar refractivity (Wildman–Crippen MR) is 97.2 cm³/mol. The van der Waals surface area contributed by atoms with Gasteiger partial charge in [-0.05, 0) is 50.4 Å². The average molecular weight is 338 g/mol. The SMILES string of the molecule is CCNC(=NCC(O)C1CCCCC1)N1CCC2(CCOCC2)C1. The highest BCUT2D eigenvalue weighted by atomic mass is 16.5. The highest BCUT2D eigenvalue weighted by Gasteiger charge is 2.40. The minimum Gasteiger partial charge on any atom is -0.391 e. The number of rotatable bonds is 4. The Kier molecular flexibility index (Phi) is 6.39. The van der Waals surface area contributed by atoms with Crippen molar-refractivity contribution in [1.29, 1.82) is 0 Å². The summed E-state index contributed by atoms with van der Waals surface area (Å²) in [5.41, 5.74) is 0.427. The van der Waals surface area contributed by atoms with Crippen LogP contribution in [0.15, 0.2) is 4.99 Å². The topological polar surface area (TPSA) is 57.1 Å². The maximum atomic E-state index is 10.5. The largest absolute Gasteiger partial charge is 0.391 e. The summed E-state index contributed by atoms with van der Waals surface area (Å²) in [7, 11) is 0. The van der Waals surface area contributed by atoms with E-state index in [1.54, 1.807) is 0 Å². The van der Waals surface area contributed by atoms with Crippen LogP contribution in [-0.2, 0) is 4.74 Å². The Morgan fingerprint density at radius 1 is 1.25 bits per heavy atom. The molecule has 0 radical (unpaired) electrons. The number of guanidine groups is 1. The molecule has 3 fully saturated rings. The lowest BCUT2D eigenvalue weighted by molar-refractivity contribution is 0.0217. The molecule has 138 valence electrons. The number of ether oxygens (including phenoxy) is 1. The standard InChI is InChI=1S/C19H35N3O2/c1-2-20-18(21-14-17(23)16-6-4-3-5-7-16)22-11-8-19(15-22)9-12-24-13-10-19/h16-17,23H,2-15H2,1H3,(H,20,21). The summed E-state index contributed by atoms with van der Waals surface area (Å²) in [4.78, 5) is 7.20. The lowest BCUT2D eigenvalue weighted by Crippen LogP contribution is -2.43. The van der Waals surface area contributed by atoms with Crippen LogP contribution in [0.4, 0.5) is 0 Å². The van der Waals surface area contributed by atoms with Crippen molar-refractivity contribution in [3.8, 4) is 0 Å². The van der Waals surface area contributed by atoms with Crippen molar-refractivity contribution >= 4 is 5.96 Å². The third-order valence-electron chi connectivity index (χ3n) is 6.25. The van der Waals surface area contributed by atoms with Crippen molar-refractivity contribution in [3.63, 3.8) is 0 Å². The number of aliphatic imine (C=N–C) groups is 1. The molecular formula is C19H35N3O2. The van der Waals surface area contributed by atoms with E-state index in [1.807, 2.05) is 0 Å². The van der Waals surface area contributed by atoms with Crippen molar-refractivity contribution in [3.05, 3.63) is 0 Å². The molecule has 0 bridgehead atoms. The summed E-state index contributed by atoms with van der Waals surface area (Å²) in [5, 5.41) is 13.9. The molecule has 2 saturated heterocycles. The van der Waals surface area contributed by atoms with Crippen LogP contribution in [0.3, 0.4) is 0 Å². The molecule has 1 aliphatic carbocycles. The van der Waals surface area contributed by atoms with E-state index in [1.165, 1.54) is 51.4 Å². The molecule has 1 unspecified atom stereocenters. The molecule has 2 N–H and O–H groups in total. The summed E-state index contributed by atoms with van der Waals surface area (Å²) in [6.45, 7) is 7.51. The third-order valence-corrected chi connectivity index (χ3v) is 6.25. The Bertz CT molecular complexity index is 415. The smallest absolute Gasteiger partial charge is 0.194 e. The molecule has 0 aromatic carbocycles. The minimum absolute atomic E-state index is 0.279. The number of likely N-dealkylation sites (tertiary alicyclic amines) is 1. The Labute approximate surface area is 146 Å². The zero-order chi connectivity index (χ0) is 16.8. The van der Waals surface area contributed by atoms with Crippen LogP contribution >= 0.6 is 0 Å². The number of hydrogen-bond donors (Lipinski definition) is 2. The number of nitrogens with zero attached hydrogens (tertiary/aromatic N) is 2. The van der Waals surface area contributed by atoms with Gasteiger partial charge in [0.15, 0.2) is 5.96 Å². The second kappa shape index (κ2) is 8.52. The summed E-state index contributed by atoms with van der Waals surface area (Å²) in [6.07, 6.45) is 9.51. The molecule has 2 aliphatic heterocycles. The number of aliphatic hydroxyl groups excluding tert-OH is 1. The Balaban J connectivity index is 1.57. The van der Waals surface area contributed by atoms with E-state index >= 15 is 0 Å². The molecule has 0 aromatic rings. The molecule has 5 heteroatoms. The van der Waals surface area contributed by atoms with Crippen molar-refractivity contribution in [2.24, 2.45) is 16.3 Å². The van der Waals surface area contributed by atoms with E-state index in [0.717, 1.165) is 38.8 Å². The average Bonchev–Trinajstić information content (AvgIpc) is 3.03. The van der Waals surface area contributed by atoms with Crippen LogP contribution in [0.1, 0.15) is 58.3 Å². The van der Waals surface area contributed by atoms with Crippen molar-refractivity contribution in [1.82, 2.24) is 10.2 Å². The quantitative estimate of drug-likeness (QED) is 0.611. The Morgan fingerprint density at radius 3 is 2.71 bits per heavy atom. The van der Waals surface area contributed by atoms with Crippen LogP contribution in [0, 0.1) is 11.3 Å².